The largest absolute Gasteiger partial charge is 0.508 e. The molecule has 7 aliphatic heterocycles. The molecule has 54 heavy (non-hydrogen) atoms. The van der Waals surface area contributed by atoms with Gasteiger partial charge in [-0.05, 0) is 96.6 Å². The molecule has 0 amide bonds. The van der Waals surface area contributed by atoms with Gasteiger partial charge in [-0.25, -0.2) is 9.59 Å². The van der Waals surface area contributed by atoms with Crippen LogP contribution in [-0.4, -0.2) is 82.4 Å². The Kier molecular flexibility index (Phi) is 9.77. The number of carbonyl (C=O) groups is 2. The molecule has 0 unspecified atom stereocenters. The molecule has 0 aliphatic carbocycles. The van der Waals surface area contributed by atoms with Gasteiger partial charge in [-0.2, -0.15) is 0 Å². The minimum atomic E-state index is -4.49. The maximum absolute atomic E-state index is 12.8. The fraction of sp³-hybridized carbons (Fsp3) is 0.133. The summed E-state index contributed by atoms with van der Waals surface area (Å²) in [6, 6.07) is 1.86. The molecule has 24 heteroatoms. The smallest absolute Gasteiger partial charge is 0.386 e. The lowest BCUT2D eigenvalue weighted by atomic mass is 9.95. The highest BCUT2D eigenvalue weighted by Crippen LogP contribution is 2.50. The Hall–Kier alpha value is -2.50. The number of aryl methyl sites for hydroxylation is 1. The maximum Gasteiger partial charge on any atom is 0.508 e. The van der Waals surface area contributed by atoms with Crippen molar-refractivity contribution in [3.8, 4) is 0 Å². The molecule has 1 aromatic rings. The van der Waals surface area contributed by atoms with Gasteiger partial charge in [0.25, 0.3) is 0 Å². The van der Waals surface area contributed by atoms with Crippen molar-refractivity contribution < 1.29 is 63.7 Å². The van der Waals surface area contributed by atoms with E-state index in [2.05, 4.69) is 46.1 Å². The van der Waals surface area contributed by atoms with E-state index >= 15 is 0 Å². The summed E-state index contributed by atoms with van der Waals surface area (Å²) in [7, 11) is -34.7. The van der Waals surface area contributed by atoms with Crippen LogP contribution in [0.1, 0.15) is 36.1 Å². The summed E-state index contributed by atoms with van der Waals surface area (Å²) >= 11 is 1.40. The fourth-order valence-electron chi connectivity index (χ4n) is 6.32. The molecule has 0 atom stereocenters. The van der Waals surface area contributed by atoms with Crippen molar-refractivity contribution in [2.75, 3.05) is 0 Å². The molecule has 7 fully saturated rings. The Morgan fingerprint density at radius 3 is 1.17 bits per heavy atom. The topological polar surface area (TPSA) is 154 Å². The van der Waals surface area contributed by atoms with Crippen LogP contribution in [0.15, 0.2) is 114 Å². The highest BCUT2D eigenvalue weighted by atomic mass is 32.1. The number of cyclic esters (lactones) is 2. The predicted molar refractivity (Wildman–Crippen MR) is 211 cm³/mol. The van der Waals surface area contributed by atoms with E-state index in [4.69, 9.17) is 54.1 Å². The van der Waals surface area contributed by atoms with Crippen LogP contribution in [0.5, 0.6) is 0 Å². The Morgan fingerprint density at radius 2 is 0.852 bits per heavy atom. The SMILES string of the molecule is C=C[Si]12O[Si]3(C=C)O[Si]4(C=C)O[Si](C=C)(O1)O[Si]1(C=C)O[Si](C=C)(O2)O[Si](C=C)(O3)O[Si](/C=C/c2cc(/C(C)=C3/C(=O)OC(=O)C3=C(C)C)c(C)s2)(O4)O1. The van der Waals surface area contributed by atoms with Gasteiger partial charge in [-0.15, -0.1) is 57.4 Å². The number of allylic oxidation sites excluding steroid dienone is 2. The normalized spacial score (nSPS) is 41.9. The molecular formula is C30H36O15SSi8. The fourth-order valence-corrected chi connectivity index (χ4v) is 47.7. The summed E-state index contributed by atoms with van der Waals surface area (Å²) < 4.78 is 86.5. The van der Waals surface area contributed by atoms with Crippen LogP contribution in [0.25, 0.3) is 11.6 Å². The minimum Gasteiger partial charge on any atom is -0.386 e. The second-order valence-electron chi connectivity index (χ2n) is 12.5. The molecule has 0 N–H and O–H groups in total. The molecule has 0 spiro atoms. The van der Waals surface area contributed by atoms with Gasteiger partial charge in [0.05, 0.1) is 11.1 Å². The van der Waals surface area contributed by atoms with Gasteiger partial charge in [0.1, 0.15) is 0 Å². The van der Waals surface area contributed by atoms with Gasteiger partial charge in [-0.1, -0.05) is 5.57 Å². The number of carbonyl (C=O) groups excluding carboxylic acids is 2. The third kappa shape index (κ3) is 6.25. The van der Waals surface area contributed by atoms with E-state index in [0.717, 1.165) is 10.4 Å². The minimum absolute atomic E-state index is 0.211. The van der Waals surface area contributed by atoms with Crippen LogP contribution in [0, 0.1) is 6.92 Å². The Balaban J connectivity index is 1.45. The van der Waals surface area contributed by atoms with Crippen molar-refractivity contribution in [3.63, 3.8) is 0 Å². The third-order valence-electron chi connectivity index (χ3n) is 8.68. The van der Waals surface area contributed by atoms with Gasteiger partial charge in [0, 0.05) is 9.75 Å². The molecule has 284 valence electrons. The van der Waals surface area contributed by atoms with Crippen LogP contribution in [0.4, 0.5) is 0 Å². The summed E-state index contributed by atoms with van der Waals surface area (Å²) in [5.41, 5.74) is 13.4. The zero-order chi connectivity index (χ0) is 39.2. The Bertz CT molecular complexity index is 1920. The van der Waals surface area contributed by atoms with Crippen molar-refractivity contribution >= 4 is 105 Å². The number of thiophene rings is 1. The average molecular weight is 893 g/mol. The van der Waals surface area contributed by atoms with Crippen LogP contribution < -0.4 is 0 Å². The van der Waals surface area contributed by atoms with E-state index < -0.39 is 82.4 Å². The maximum atomic E-state index is 12.8. The molecular weight excluding hydrogens is 857 g/mol. The number of ether oxygens (including phenoxy) is 1. The molecule has 0 saturated carbocycles. The molecule has 15 nitrogen and oxygen atoms in total. The molecule has 0 aromatic carbocycles. The molecule has 8 rings (SSSR count). The van der Waals surface area contributed by atoms with E-state index in [1.807, 2.05) is 13.0 Å². The molecule has 8 heterocycles. The number of rotatable bonds is 10. The Morgan fingerprint density at radius 1 is 0.537 bits per heavy atom. The average Bonchev–Trinajstić information content (AvgIpc) is 3.63. The summed E-state index contributed by atoms with van der Waals surface area (Å²) in [5, 5.41) is 0. The summed E-state index contributed by atoms with van der Waals surface area (Å²) in [6.45, 7) is 35.1. The molecule has 8 bridgehead atoms. The van der Waals surface area contributed by atoms with E-state index in [-0.39, 0.29) is 11.1 Å². The van der Waals surface area contributed by atoms with E-state index in [0.29, 0.717) is 16.0 Å². The monoisotopic (exact) mass is 892 g/mol. The summed E-state index contributed by atoms with van der Waals surface area (Å²) in [6.07, 6.45) is 1.72. The quantitative estimate of drug-likeness (QED) is 0.138. The van der Waals surface area contributed by atoms with Crippen molar-refractivity contribution in [3.05, 3.63) is 130 Å². The number of hydrogen-bond acceptors (Lipinski definition) is 16. The number of hydrogen-bond donors (Lipinski definition) is 0. The summed E-state index contributed by atoms with van der Waals surface area (Å²) in [4.78, 5) is 26.9. The molecule has 0 radical (unpaired) electrons. The third-order valence-corrected chi connectivity index (χ3v) is 41.1. The summed E-state index contributed by atoms with van der Waals surface area (Å²) in [5.74, 6) is -1.39. The van der Waals surface area contributed by atoms with E-state index in [9.17, 15) is 9.59 Å². The van der Waals surface area contributed by atoms with Crippen LogP contribution in [0.3, 0.4) is 0 Å². The van der Waals surface area contributed by atoms with Gasteiger partial charge in [0.2, 0.25) is 0 Å². The van der Waals surface area contributed by atoms with E-state index in [1.54, 1.807) is 32.5 Å². The van der Waals surface area contributed by atoms with Crippen molar-refractivity contribution in [2.24, 2.45) is 0 Å². The van der Waals surface area contributed by atoms with Gasteiger partial charge < -0.3 is 54.1 Å². The van der Waals surface area contributed by atoms with Crippen LogP contribution in [-0.2, 0) is 63.7 Å². The predicted octanol–water partition coefficient (Wildman–Crippen LogP) is 4.66. The standard InChI is InChI=1S/C30H36O15SSi8/c1-12-47-34-48(13-2)37-51(16-5)39-49(14-3,35-47)41-53(18-7)42-50(15-4,36-47)40-52(17-6,38-48)44-54(43-51,45-53)20-19-25-21-26(24(11)46-25)23(10)28-27(22(8)9)29(31)33-30(28)32/h12-21H,1-7H2,8-11H3/b20-19+,28-23+. The lowest BCUT2D eigenvalue weighted by molar-refractivity contribution is -0.149. The van der Waals surface area contributed by atoms with Gasteiger partial charge in [0.15, 0.2) is 0 Å². The van der Waals surface area contributed by atoms with Crippen LogP contribution >= 0.6 is 11.3 Å². The number of esters is 2. The van der Waals surface area contributed by atoms with E-state index in [1.165, 1.54) is 51.2 Å². The van der Waals surface area contributed by atoms with Gasteiger partial charge >= 0.3 is 82.4 Å². The van der Waals surface area contributed by atoms with Crippen molar-refractivity contribution in [2.45, 2.75) is 27.7 Å². The molecule has 7 aliphatic rings. The lowest BCUT2D eigenvalue weighted by Gasteiger charge is -2.60. The molecule has 1 aromatic heterocycles. The Labute approximate surface area is 324 Å². The first kappa shape index (κ1) is 39.7. The van der Waals surface area contributed by atoms with Crippen molar-refractivity contribution in [1.82, 2.24) is 0 Å². The second-order valence-corrected chi connectivity index (χ2v) is 36.4. The zero-order valence-corrected chi connectivity index (χ0v) is 38.6. The van der Waals surface area contributed by atoms with Gasteiger partial charge in [-0.3, -0.25) is 0 Å². The molecule has 7 saturated heterocycles. The first-order valence-electron chi connectivity index (χ1n) is 16.2. The second kappa shape index (κ2) is 13.3. The lowest BCUT2D eigenvalue weighted by Crippen LogP contribution is -2.87. The van der Waals surface area contributed by atoms with Crippen LogP contribution in [0.2, 0.25) is 0 Å². The first-order valence-corrected chi connectivity index (χ1v) is 31.5. The zero-order valence-electron chi connectivity index (χ0n) is 29.8. The van der Waals surface area contributed by atoms with Crippen molar-refractivity contribution in [1.29, 1.82) is 0 Å². The first-order chi connectivity index (χ1) is 25.4. The highest BCUT2D eigenvalue weighted by molar-refractivity contribution is 7.13. The highest BCUT2D eigenvalue weighted by Gasteiger charge is 2.81.